The number of hydrogen-bond acceptors (Lipinski definition) is 4. The molecular formula is C24H17ClN2O3. The summed E-state index contributed by atoms with van der Waals surface area (Å²) in [6, 6.07) is 15.5. The molecule has 1 atom stereocenters. The van der Waals surface area contributed by atoms with E-state index in [1.807, 2.05) is 44.2 Å². The summed E-state index contributed by atoms with van der Waals surface area (Å²) in [5.41, 5.74) is 3.17. The van der Waals surface area contributed by atoms with Crippen LogP contribution < -0.4 is 10.3 Å². The molecule has 0 saturated heterocycles. The van der Waals surface area contributed by atoms with Gasteiger partial charge in [0, 0.05) is 11.2 Å². The summed E-state index contributed by atoms with van der Waals surface area (Å²) in [5.74, 6) is 0.133. The van der Waals surface area contributed by atoms with E-state index in [2.05, 4.69) is 4.98 Å². The van der Waals surface area contributed by atoms with Crippen molar-refractivity contribution in [2.45, 2.75) is 19.9 Å². The number of aromatic nitrogens is 1. The lowest BCUT2D eigenvalue weighted by molar-refractivity contribution is 0.0970. The minimum absolute atomic E-state index is 0.0552. The molecule has 1 amide bonds. The average molecular weight is 417 g/mol. The van der Waals surface area contributed by atoms with Gasteiger partial charge in [0.15, 0.2) is 5.43 Å². The predicted octanol–water partition coefficient (Wildman–Crippen LogP) is 5.21. The van der Waals surface area contributed by atoms with Crippen molar-refractivity contribution in [1.29, 1.82) is 0 Å². The molecule has 0 saturated carbocycles. The molecule has 6 heteroatoms. The molecule has 148 valence electrons. The first kappa shape index (κ1) is 18.6. The van der Waals surface area contributed by atoms with Crippen LogP contribution in [0.15, 0.2) is 70.0 Å². The van der Waals surface area contributed by atoms with Crippen LogP contribution in [0.2, 0.25) is 5.02 Å². The molecule has 0 spiro atoms. The van der Waals surface area contributed by atoms with E-state index in [1.54, 1.807) is 30.5 Å². The van der Waals surface area contributed by atoms with E-state index < -0.39 is 6.04 Å². The van der Waals surface area contributed by atoms with Gasteiger partial charge in [-0.2, -0.15) is 0 Å². The van der Waals surface area contributed by atoms with Crippen molar-refractivity contribution in [3.05, 3.63) is 104 Å². The molecule has 2 aromatic heterocycles. The van der Waals surface area contributed by atoms with Crippen molar-refractivity contribution in [2.24, 2.45) is 0 Å². The van der Waals surface area contributed by atoms with Gasteiger partial charge < -0.3 is 4.42 Å². The fourth-order valence-corrected chi connectivity index (χ4v) is 4.06. The van der Waals surface area contributed by atoms with Gasteiger partial charge in [-0.15, -0.1) is 0 Å². The minimum atomic E-state index is -0.653. The van der Waals surface area contributed by atoms with Gasteiger partial charge in [0.25, 0.3) is 5.91 Å². The highest BCUT2D eigenvalue weighted by atomic mass is 35.5. The molecule has 0 N–H and O–H groups in total. The number of halogens is 1. The van der Waals surface area contributed by atoms with Gasteiger partial charge in [0.2, 0.25) is 5.76 Å². The number of nitrogens with zero attached hydrogens (tertiary/aromatic N) is 2. The number of hydrogen-bond donors (Lipinski definition) is 0. The van der Waals surface area contributed by atoms with Crippen LogP contribution >= 0.6 is 11.6 Å². The second-order valence-electron chi connectivity index (χ2n) is 7.49. The first-order valence-corrected chi connectivity index (χ1v) is 9.91. The fraction of sp³-hybridized carbons (Fsp3) is 0.125. The average Bonchev–Trinajstić information content (AvgIpc) is 3.02. The molecular weight excluding hydrogens is 400 g/mol. The zero-order valence-electron chi connectivity index (χ0n) is 16.3. The number of pyridine rings is 1. The number of fused-ring (bicyclic) bond motifs is 2. The van der Waals surface area contributed by atoms with Crippen LogP contribution in [0.25, 0.3) is 11.0 Å². The monoisotopic (exact) mass is 416 g/mol. The van der Waals surface area contributed by atoms with Crippen LogP contribution in [0.1, 0.15) is 38.9 Å². The van der Waals surface area contributed by atoms with Crippen LogP contribution in [0.5, 0.6) is 0 Å². The van der Waals surface area contributed by atoms with Gasteiger partial charge in [0.1, 0.15) is 11.4 Å². The molecule has 1 aliphatic heterocycles. The number of carbonyl (C=O) groups excluding carboxylic acids is 1. The minimum Gasteiger partial charge on any atom is -0.450 e. The highest BCUT2D eigenvalue weighted by molar-refractivity contribution is 6.30. The van der Waals surface area contributed by atoms with Gasteiger partial charge >= 0.3 is 0 Å². The maximum atomic E-state index is 13.5. The van der Waals surface area contributed by atoms with E-state index in [0.717, 1.165) is 16.7 Å². The topological polar surface area (TPSA) is 63.4 Å². The highest BCUT2D eigenvalue weighted by Gasteiger charge is 2.44. The van der Waals surface area contributed by atoms with E-state index in [0.29, 0.717) is 27.4 Å². The first-order valence-electron chi connectivity index (χ1n) is 9.53. The standard InChI is InChI=1S/C24H17ClN2O3/c1-13-3-8-18-17(11-13)22(28)20-21(15-4-6-16(25)7-5-15)27(24(29)23(20)30-18)19-12-14(2)9-10-26-19/h3-12,21H,1-2H3/t21-/m0/s1. The molecule has 1 aliphatic rings. The largest absolute Gasteiger partial charge is 0.450 e. The number of carbonyl (C=O) groups is 1. The highest BCUT2D eigenvalue weighted by Crippen LogP contribution is 2.40. The van der Waals surface area contributed by atoms with Gasteiger partial charge in [-0.1, -0.05) is 35.4 Å². The maximum absolute atomic E-state index is 13.5. The Balaban J connectivity index is 1.83. The lowest BCUT2D eigenvalue weighted by atomic mass is 9.98. The summed E-state index contributed by atoms with van der Waals surface area (Å²) >= 11 is 6.08. The Morgan fingerprint density at radius 1 is 0.967 bits per heavy atom. The third-order valence-electron chi connectivity index (χ3n) is 5.36. The first-order chi connectivity index (χ1) is 14.4. The Labute approximate surface area is 177 Å². The van der Waals surface area contributed by atoms with Gasteiger partial charge in [-0.05, 0) is 61.4 Å². The summed E-state index contributed by atoms with van der Waals surface area (Å²) in [6.07, 6.45) is 1.65. The Kier molecular flexibility index (Phi) is 4.22. The number of benzene rings is 2. The summed E-state index contributed by atoms with van der Waals surface area (Å²) < 4.78 is 5.96. The molecule has 0 bridgehead atoms. The molecule has 0 unspecified atom stereocenters. The lowest BCUT2D eigenvalue weighted by Crippen LogP contribution is -2.30. The van der Waals surface area contributed by atoms with Crippen LogP contribution in [0, 0.1) is 13.8 Å². The van der Waals surface area contributed by atoms with E-state index in [4.69, 9.17) is 16.0 Å². The second kappa shape index (κ2) is 6.82. The molecule has 4 aromatic rings. The van der Waals surface area contributed by atoms with Crippen molar-refractivity contribution in [2.75, 3.05) is 4.90 Å². The molecule has 30 heavy (non-hydrogen) atoms. The summed E-state index contributed by atoms with van der Waals surface area (Å²) in [6.45, 7) is 3.84. The SMILES string of the molecule is Cc1ccnc(N2C(=O)c3oc4ccc(C)cc4c(=O)c3[C@@H]2c2ccc(Cl)cc2)c1. The molecule has 0 aliphatic carbocycles. The number of anilines is 1. The molecule has 5 rings (SSSR count). The zero-order valence-corrected chi connectivity index (χ0v) is 17.1. The van der Waals surface area contributed by atoms with E-state index in [-0.39, 0.29) is 17.1 Å². The normalized spacial score (nSPS) is 15.6. The summed E-state index contributed by atoms with van der Waals surface area (Å²) in [7, 11) is 0. The summed E-state index contributed by atoms with van der Waals surface area (Å²) in [5, 5.41) is 1.03. The predicted molar refractivity (Wildman–Crippen MR) is 116 cm³/mol. The Bertz CT molecular complexity index is 1380. The number of rotatable bonds is 2. The maximum Gasteiger partial charge on any atom is 0.296 e. The summed E-state index contributed by atoms with van der Waals surface area (Å²) in [4.78, 5) is 32.9. The quantitative estimate of drug-likeness (QED) is 0.450. The van der Waals surface area contributed by atoms with Crippen LogP contribution in [0.4, 0.5) is 5.82 Å². The third-order valence-corrected chi connectivity index (χ3v) is 5.61. The fourth-order valence-electron chi connectivity index (χ4n) is 3.94. The molecule has 3 heterocycles. The van der Waals surface area contributed by atoms with Crippen molar-refractivity contribution >= 4 is 34.3 Å². The molecule has 0 fully saturated rings. The van der Waals surface area contributed by atoms with Crippen LogP contribution in [-0.4, -0.2) is 10.9 Å². The number of amides is 1. The molecule has 5 nitrogen and oxygen atoms in total. The lowest BCUT2D eigenvalue weighted by Gasteiger charge is -2.24. The van der Waals surface area contributed by atoms with Crippen molar-refractivity contribution in [1.82, 2.24) is 4.98 Å². The number of aryl methyl sites for hydroxylation is 2. The Hall–Kier alpha value is -3.44. The van der Waals surface area contributed by atoms with Crippen molar-refractivity contribution in [3.8, 4) is 0 Å². The zero-order chi connectivity index (χ0) is 21.0. The van der Waals surface area contributed by atoms with Gasteiger partial charge in [0.05, 0.1) is 17.0 Å². The molecule has 0 radical (unpaired) electrons. The van der Waals surface area contributed by atoms with E-state index in [1.165, 1.54) is 4.90 Å². The third kappa shape index (κ3) is 2.82. The Morgan fingerprint density at radius 3 is 2.43 bits per heavy atom. The second-order valence-corrected chi connectivity index (χ2v) is 7.93. The van der Waals surface area contributed by atoms with Gasteiger partial charge in [-0.3, -0.25) is 14.5 Å². The van der Waals surface area contributed by atoms with E-state index >= 15 is 0 Å². The molecule has 2 aromatic carbocycles. The van der Waals surface area contributed by atoms with Gasteiger partial charge in [-0.25, -0.2) is 4.98 Å². The van der Waals surface area contributed by atoms with Crippen LogP contribution in [0.3, 0.4) is 0 Å². The van der Waals surface area contributed by atoms with Crippen molar-refractivity contribution < 1.29 is 9.21 Å². The van der Waals surface area contributed by atoms with Crippen molar-refractivity contribution in [3.63, 3.8) is 0 Å². The Morgan fingerprint density at radius 2 is 1.70 bits per heavy atom. The van der Waals surface area contributed by atoms with E-state index in [9.17, 15) is 9.59 Å². The smallest absolute Gasteiger partial charge is 0.296 e. The van der Waals surface area contributed by atoms with Crippen LogP contribution in [-0.2, 0) is 0 Å².